The van der Waals surface area contributed by atoms with Crippen molar-refractivity contribution in [2.75, 3.05) is 5.33 Å². The van der Waals surface area contributed by atoms with Gasteiger partial charge in [0, 0.05) is 17.3 Å². The van der Waals surface area contributed by atoms with Gasteiger partial charge >= 0.3 is 0 Å². The van der Waals surface area contributed by atoms with E-state index in [0.29, 0.717) is 16.5 Å². The first-order valence-electron chi connectivity index (χ1n) is 5.19. The molecule has 0 aromatic heterocycles. The molecule has 0 unspecified atom stereocenters. The van der Waals surface area contributed by atoms with Crippen molar-refractivity contribution in [2.45, 2.75) is 25.7 Å². The lowest BCUT2D eigenvalue weighted by Crippen LogP contribution is -1.99. The van der Waals surface area contributed by atoms with Crippen LogP contribution in [0, 0.1) is 5.82 Å². The first-order chi connectivity index (χ1) is 7.65. The molecule has 1 aromatic carbocycles. The third-order valence-corrected chi connectivity index (χ3v) is 3.48. The minimum absolute atomic E-state index is 0.0148. The Kier molecular flexibility index (Phi) is 6.21. The van der Waals surface area contributed by atoms with Crippen LogP contribution in [0.5, 0.6) is 0 Å². The zero-order valence-corrected chi connectivity index (χ0v) is 12.0. The van der Waals surface area contributed by atoms with Gasteiger partial charge in [-0.05, 0) is 40.9 Å². The van der Waals surface area contributed by atoms with Gasteiger partial charge < -0.3 is 0 Å². The summed E-state index contributed by atoms with van der Waals surface area (Å²) in [6, 6.07) is 4.51. The molecule has 0 saturated heterocycles. The molecule has 1 nitrogen and oxygen atoms in total. The minimum atomic E-state index is -0.383. The van der Waals surface area contributed by atoms with E-state index in [0.717, 1.165) is 24.6 Å². The van der Waals surface area contributed by atoms with E-state index in [2.05, 4.69) is 31.9 Å². The van der Waals surface area contributed by atoms with Gasteiger partial charge in [-0.3, -0.25) is 4.79 Å². The van der Waals surface area contributed by atoms with Crippen LogP contribution in [-0.4, -0.2) is 11.1 Å². The number of alkyl halides is 1. The average Bonchev–Trinajstić information content (AvgIpc) is 2.28. The van der Waals surface area contributed by atoms with E-state index in [-0.39, 0.29) is 11.6 Å². The summed E-state index contributed by atoms with van der Waals surface area (Å²) in [5, 5.41) is 0.966. The molecule has 0 spiro atoms. The Morgan fingerprint density at radius 2 is 2.00 bits per heavy atom. The van der Waals surface area contributed by atoms with Crippen LogP contribution >= 0.6 is 31.9 Å². The highest BCUT2D eigenvalue weighted by atomic mass is 79.9. The van der Waals surface area contributed by atoms with Gasteiger partial charge in [0.05, 0.1) is 4.47 Å². The lowest BCUT2D eigenvalue weighted by atomic mass is 10.0. The summed E-state index contributed by atoms with van der Waals surface area (Å²) in [6.45, 7) is 0. The predicted octanol–water partition coefficient (Wildman–Crippen LogP) is 4.73. The highest BCUT2D eigenvalue weighted by Crippen LogP contribution is 2.18. The molecule has 16 heavy (non-hydrogen) atoms. The van der Waals surface area contributed by atoms with Crippen molar-refractivity contribution in [1.29, 1.82) is 0 Å². The second-order valence-corrected chi connectivity index (χ2v) is 5.20. The summed E-state index contributed by atoms with van der Waals surface area (Å²) in [5.74, 6) is -0.368. The molecular weight excluding hydrogens is 339 g/mol. The van der Waals surface area contributed by atoms with Crippen molar-refractivity contribution in [2.24, 2.45) is 0 Å². The number of carbonyl (C=O) groups excluding carboxylic acids is 1. The molecule has 0 bridgehead atoms. The number of hydrogen-bond donors (Lipinski definition) is 0. The first kappa shape index (κ1) is 13.8. The van der Waals surface area contributed by atoms with Crippen LogP contribution in [0.15, 0.2) is 22.7 Å². The molecule has 0 atom stereocenters. The van der Waals surface area contributed by atoms with Gasteiger partial charge in [0.25, 0.3) is 0 Å². The Morgan fingerprint density at radius 3 is 2.62 bits per heavy atom. The molecule has 0 aliphatic rings. The molecule has 0 radical (unpaired) electrons. The lowest BCUT2D eigenvalue weighted by molar-refractivity contribution is 0.0979. The highest BCUT2D eigenvalue weighted by molar-refractivity contribution is 9.10. The van der Waals surface area contributed by atoms with Crippen LogP contribution in [-0.2, 0) is 0 Å². The summed E-state index contributed by atoms with van der Waals surface area (Å²) in [6.07, 6.45) is 3.45. The molecule has 88 valence electrons. The maximum absolute atomic E-state index is 13.2. The normalized spacial score (nSPS) is 10.4. The summed E-state index contributed by atoms with van der Waals surface area (Å²) in [4.78, 5) is 11.7. The fourth-order valence-electron chi connectivity index (χ4n) is 1.37. The third-order valence-electron chi connectivity index (χ3n) is 2.28. The number of unbranched alkanes of at least 4 members (excludes halogenated alkanes) is 2. The smallest absolute Gasteiger partial charge is 0.162 e. The Morgan fingerprint density at radius 1 is 1.25 bits per heavy atom. The fourth-order valence-corrected chi connectivity index (χ4v) is 2.01. The van der Waals surface area contributed by atoms with E-state index >= 15 is 0 Å². The number of benzene rings is 1. The molecule has 4 heteroatoms. The van der Waals surface area contributed by atoms with E-state index in [1.807, 2.05) is 0 Å². The topological polar surface area (TPSA) is 17.1 Å². The summed E-state index contributed by atoms with van der Waals surface area (Å²) < 4.78 is 13.6. The van der Waals surface area contributed by atoms with E-state index in [1.54, 1.807) is 12.1 Å². The third kappa shape index (κ3) is 4.34. The Hall–Kier alpha value is -0.220. The Labute approximate surface area is 112 Å². The van der Waals surface area contributed by atoms with Gasteiger partial charge in [0.1, 0.15) is 5.82 Å². The van der Waals surface area contributed by atoms with Crippen molar-refractivity contribution >= 4 is 37.6 Å². The van der Waals surface area contributed by atoms with Crippen molar-refractivity contribution in [3.8, 4) is 0 Å². The second kappa shape index (κ2) is 7.17. The minimum Gasteiger partial charge on any atom is -0.294 e. The average molecular weight is 352 g/mol. The largest absolute Gasteiger partial charge is 0.294 e. The number of Topliss-reactive ketones (excluding diaryl/α,β-unsaturated/α-hetero) is 1. The van der Waals surface area contributed by atoms with Crippen LogP contribution in [0.4, 0.5) is 4.39 Å². The molecular formula is C12H13Br2FO. The maximum atomic E-state index is 13.2. The van der Waals surface area contributed by atoms with Crippen LogP contribution in [0.25, 0.3) is 0 Å². The molecule has 0 aliphatic carbocycles. The summed E-state index contributed by atoms with van der Waals surface area (Å²) in [7, 11) is 0. The van der Waals surface area contributed by atoms with Crippen molar-refractivity contribution in [1.82, 2.24) is 0 Å². The molecule has 0 N–H and O–H groups in total. The molecule has 1 aromatic rings. The SMILES string of the molecule is O=C(CCCCCBr)c1ccc(Br)c(F)c1. The van der Waals surface area contributed by atoms with Gasteiger partial charge in [0.15, 0.2) is 5.78 Å². The van der Waals surface area contributed by atoms with Crippen LogP contribution < -0.4 is 0 Å². The van der Waals surface area contributed by atoms with Gasteiger partial charge in [-0.2, -0.15) is 0 Å². The van der Waals surface area contributed by atoms with Crippen LogP contribution in [0.2, 0.25) is 0 Å². The molecule has 1 rings (SSSR count). The summed E-state index contributed by atoms with van der Waals surface area (Å²) in [5.41, 5.74) is 0.458. The van der Waals surface area contributed by atoms with E-state index in [4.69, 9.17) is 0 Å². The standard InChI is InChI=1S/C12H13Br2FO/c13-7-3-1-2-4-12(16)9-5-6-10(14)11(15)8-9/h5-6,8H,1-4,7H2. The van der Waals surface area contributed by atoms with E-state index < -0.39 is 0 Å². The number of halogens is 3. The second-order valence-electron chi connectivity index (χ2n) is 3.55. The Bertz CT molecular complexity index is 366. The fraction of sp³-hybridized carbons (Fsp3) is 0.417. The summed E-state index contributed by atoms with van der Waals surface area (Å²) >= 11 is 6.40. The maximum Gasteiger partial charge on any atom is 0.162 e. The van der Waals surface area contributed by atoms with E-state index in [9.17, 15) is 9.18 Å². The quantitative estimate of drug-likeness (QED) is 0.411. The van der Waals surface area contributed by atoms with Crippen LogP contribution in [0.1, 0.15) is 36.0 Å². The number of carbonyl (C=O) groups is 1. The molecule has 0 fully saturated rings. The number of ketones is 1. The van der Waals surface area contributed by atoms with Gasteiger partial charge in [-0.1, -0.05) is 28.4 Å². The van der Waals surface area contributed by atoms with Crippen LogP contribution in [0.3, 0.4) is 0 Å². The molecule has 0 amide bonds. The predicted molar refractivity (Wildman–Crippen MR) is 70.7 cm³/mol. The van der Waals surface area contributed by atoms with Gasteiger partial charge in [-0.15, -0.1) is 0 Å². The highest BCUT2D eigenvalue weighted by Gasteiger charge is 2.08. The van der Waals surface area contributed by atoms with E-state index in [1.165, 1.54) is 6.07 Å². The first-order valence-corrected chi connectivity index (χ1v) is 7.11. The monoisotopic (exact) mass is 350 g/mol. The molecule has 0 aliphatic heterocycles. The Balaban J connectivity index is 2.50. The molecule has 0 heterocycles. The lowest BCUT2D eigenvalue weighted by Gasteiger charge is -2.02. The number of rotatable bonds is 6. The van der Waals surface area contributed by atoms with Crippen molar-refractivity contribution in [3.63, 3.8) is 0 Å². The zero-order valence-electron chi connectivity index (χ0n) is 8.81. The zero-order chi connectivity index (χ0) is 12.0. The van der Waals surface area contributed by atoms with Crippen molar-refractivity contribution < 1.29 is 9.18 Å². The molecule has 0 saturated carbocycles. The van der Waals surface area contributed by atoms with Gasteiger partial charge in [0.2, 0.25) is 0 Å². The van der Waals surface area contributed by atoms with Crippen molar-refractivity contribution in [3.05, 3.63) is 34.1 Å². The number of hydrogen-bond acceptors (Lipinski definition) is 1. The van der Waals surface area contributed by atoms with Gasteiger partial charge in [-0.25, -0.2) is 4.39 Å².